The maximum atomic E-state index is 14.5. The Hall–Kier alpha value is -4.79. The molecule has 3 aromatic rings. The fourth-order valence-electron chi connectivity index (χ4n) is 5.89. The highest BCUT2D eigenvalue weighted by Crippen LogP contribution is 2.44. The topological polar surface area (TPSA) is 162 Å². The number of anilines is 2. The second-order valence-electron chi connectivity index (χ2n) is 11.1. The Morgan fingerprint density at radius 3 is 2.80 bits per heavy atom. The van der Waals surface area contributed by atoms with Crippen molar-refractivity contribution in [2.75, 3.05) is 24.2 Å². The van der Waals surface area contributed by atoms with Gasteiger partial charge in [0.2, 0.25) is 17.4 Å². The van der Waals surface area contributed by atoms with Gasteiger partial charge in [-0.15, -0.1) is 0 Å². The number of hydrogen-bond donors (Lipinski definition) is 3. The Morgan fingerprint density at radius 2 is 2.05 bits per heavy atom. The van der Waals surface area contributed by atoms with E-state index in [4.69, 9.17) is 4.74 Å². The van der Waals surface area contributed by atoms with Gasteiger partial charge in [-0.1, -0.05) is 25.0 Å². The van der Waals surface area contributed by atoms with Crippen molar-refractivity contribution in [3.63, 3.8) is 0 Å². The number of amides is 3. The van der Waals surface area contributed by atoms with E-state index in [1.165, 1.54) is 18.3 Å². The first-order chi connectivity index (χ1) is 19.8. The first-order valence-corrected chi connectivity index (χ1v) is 13.6. The number of nitrogens with zero attached hydrogens (tertiary/aromatic N) is 5. The van der Waals surface area contributed by atoms with Gasteiger partial charge in [-0.25, -0.2) is 15.0 Å². The van der Waals surface area contributed by atoms with Gasteiger partial charge in [-0.05, 0) is 43.5 Å². The highest BCUT2D eigenvalue weighted by Gasteiger charge is 2.58. The molecule has 4 atom stereocenters. The lowest BCUT2D eigenvalue weighted by Crippen LogP contribution is -2.60. The average molecular weight is 555 g/mol. The molecule has 1 aliphatic carbocycles. The number of aromatic nitrogens is 3. The SMILES string of the molecule is CNC(=O)C(C)(Nc1ncnc2ccccc12)[C@H](CC1CC1)C(=O)N1C[C@@]2(C[C@H]1C#N)Oc1cccnc1NC2=O. The number of likely N-dealkylation sites (N-methyl/N-ethyl adjacent to an activating group) is 1. The van der Waals surface area contributed by atoms with Crippen molar-refractivity contribution in [1.29, 1.82) is 5.26 Å². The number of para-hydroxylation sites is 1. The summed E-state index contributed by atoms with van der Waals surface area (Å²) in [6.45, 7) is 1.55. The van der Waals surface area contributed by atoms with Crippen molar-refractivity contribution in [1.82, 2.24) is 25.2 Å². The zero-order valence-corrected chi connectivity index (χ0v) is 22.8. The zero-order chi connectivity index (χ0) is 28.8. The van der Waals surface area contributed by atoms with Crippen molar-refractivity contribution < 1.29 is 19.1 Å². The van der Waals surface area contributed by atoms with Crippen molar-refractivity contribution in [3.8, 4) is 11.8 Å². The predicted molar refractivity (Wildman–Crippen MR) is 148 cm³/mol. The van der Waals surface area contributed by atoms with Crippen molar-refractivity contribution in [2.45, 2.75) is 49.8 Å². The second kappa shape index (κ2) is 9.99. The number of rotatable bonds is 7. The standard InChI is InChI=1S/C29H30N8O4/c1-28(26(39)31-2,36-23-19-6-3-4-7-21(19)33-16-34-23)20(12-17-9-10-17)25(38)37-15-29(13-18(37)14-30)27(40)35-24-22(41-29)8-5-11-32-24/h3-8,11,16-18,20H,9-10,12-13,15H2,1-2H3,(H,31,39)(H,32,35,40)(H,33,34,36)/t18-,20+,28?,29+/m0/s1. The minimum atomic E-state index is -1.45. The number of carbonyl (C=O) groups excluding carboxylic acids is 3. The molecule has 0 bridgehead atoms. The molecule has 1 aromatic carbocycles. The number of benzene rings is 1. The van der Waals surface area contributed by atoms with Crippen LogP contribution in [-0.4, -0.2) is 68.3 Å². The Kier molecular flexibility index (Phi) is 6.44. The van der Waals surface area contributed by atoms with Crippen LogP contribution in [0.15, 0.2) is 48.9 Å². The monoisotopic (exact) mass is 554 g/mol. The van der Waals surface area contributed by atoms with Crippen molar-refractivity contribution in [2.24, 2.45) is 11.8 Å². The van der Waals surface area contributed by atoms with Crippen LogP contribution in [0.3, 0.4) is 0 Å². The number of hydrogen-bond acceptors (Lipinski definition) is 9. The molecule has 41 heavy (non-hydrogen) atoms. The third-order valence-electron chi connectivity index (χ3n) is 8.36. The van der Waals surface area contributed by atoms with E-state index in [1.54, 1.807) is 25.3 Å². The lowest BCUT2D eigenvalue weighted by Gasteiger charge is -2.39. The highest BCUT2D eigenvalue weighted by atomic mass is 16.5. The number of fused-ring (bicyclic) bond motifs is 2. The predicted octanol–water partition coefficient (Wildman–Crippen LogP) is 2.25. The van der Waals surface area contributed by atoms with Gasteiger partial charge in [0.15, 0.2) is 11.6 Å². The Labute approximate surface area is 236 Å². The van der Waals surface area contributed by atoms with Crippen LogP contribution in [-0.2, 0) is 14.4 Å². The first-order valence-electron chi connectivity index (χ1n) is 13.6. The molecule has 2 aliphatic heterocycles. The zero-order valence-electron chi connectivity index (χ0n) is 22.8. The van der Waals surface area contributed by atoms with Crippen molar-refractivity contribution >= 4 is 40.3 Å². The van der Waals surface area contributed by atoms with E-state index < -0.39 is 40.8 Å². The van der Waals surface area contributed by atoms with E-state index in [0.717, 1.165) is 12.8 Å². The maximum Gasteiger partial charge on any atom is 0.271 e. The molecule has 12 nitrogen and oxygen atoms in total. The van der Waals surface area contributed by atoms with Gasteiger partial charge in [-0.3, -0.25) is 14.4 Å². The summed E-state index contributed by atoms with van der Waals surface area (Å²) in [5.74, 6) is -0.765. The smallest absolute Gasteiger partial charge is 0.271 e. The maximum absolute atomic E-state index is 14.5. The van der Waals surface area contributed by atoms with Crippen LogP contribution in [0.25, 0.3) is 10.9 Å². The number of nitriles is 1. The van der Waals surface area contributed by atoms with Crippen LogP contribution >= 0.6 is 0 Å². The van der Waals surface area contributed by atoms with Gasteiger partial charge >= 0.3 is 0 Å². The quantitative estimate of drug-likeness (QED) is 0.398. The molecule has 3 amide bonds. The van der Waals surface area contributed by atoms with Gasteiger partial charge < -0.3 is 25.6 Å². The largest absolute Gasteiger partial charge is 0.472 e. The number of ether oxygens (including phenoxy) is 1. The lowest BCUT2D eigenvalue weighted by atomic mass is 9.79. The van der Waals surface area contributed by atoms with Crippen LogP contribution in [0.1, 0.15) is 32.6 Å². The molecule has 210 valence electrons. The molecule has 6 rings (SSSR count). The summed E-state index contributed by atoms with van der Waals surface area (Å²) in [6, 6.07) is 12.0. The molecule has 2 aromatic heterocycles. The first kappa shape index (κ1) is 26.4. The number of nitrogens with one attached hydrogen (secondary N) is 3. The summed E-state index contributed by atoms with van der Waals surface area (Å²) >= 11 is 0. The van der Waals surface area contributed by atoms with Gasteiger partial charge in [0.25, 0.3) is 5.91 Å². The molecule has 2 fully saturated rings. The molecular formula is C29H30N8O4. The van der Waals surface area contributed by atoms with Gasteiger partial charge in [0, 0.05) is 25.1 Å². The van der Waals surface area contributed by atoms with Crippen LogP contribution in [0.5, 0.6) is 5.75 Å². The van der Waals surface area contributed by atoms with Gasteiger partial charge in [0.1, 0.15) is 23.7 Å². The second-order valence-corrected chi connectivity index (χ2v) is 11.1. The summed E-state index contributed by atoms with van der Waals surface area (Å²) in [6.07, 6.45) is 5.27. The fraction of sp³-hybridized carbons (Fsp3) is 0.414. The molecule has 1 unspecified atom stereocenters. The minimum absolute atomic E-state index is 0.00772. The summed E-state index contributed by atoms with van der Waals surface area (Å²) in [5.41, 5.74) is -2.20. The molecule has 0 radical (unpaired) electrons. The molecule has 12 heteroatoms. The van der Waals surface area contributed by atoms with Crippen LogP contribution in [0, 0.1) is 23.2 Å². The van der Waals surface area contributed by atoms with E-state index in [-0.39, 0.29) is 18.9 Å². The number of likely N-dealkylation sites (tertiary alicyclic amines) is 1. The Bertz CT molecular complexity index is 1580. The summed E-state index contributed by atoms with van der Waals surface area (Å²) in [4.78, 5) is 55.7. The van der Waals surface area contributed by atoms with E-state index in [1.807, 2.05) is 24.3 Å². The van der Waals surface area contributed by atoms with E-state index >= 15 is 0 Å². The average Bonchev–Trinajstić information content (AvgIpc) is 3.74. The minimum Gasteiger partial charge on any atom is -0.472 e. The molecule has 1 saturated heterocycles. The summed E-state index contributed by atoms with van der Waals surface area (Å²) in [7, 11) is 1.52. The Balaban J connectivity index is 1.37. The van der Waals surface area contributed by atoms with Crippen molar-refractivity contribution in [3.05, 3.63) is 48.9 Å². The lowest BCUT2D eigenvalue weighted by molar-refractivity contribution is -0.143. The summed E-state index contributed by atoms with van der Waals surface area (Å²) < 4.78 is 6.15. The van der Waals surface area contributed by atoms with E-state index in [0.29, 0.717) is 34.7 Å². The van der Waals surface area contributed by atoms with Crippen LogP contribution < -0.4 is 20.7 Å². The van der Waals surface area contributed by atoms with E-state index in [9.17, 15) is 19.6 Å². The normalized spacial score (nSPS) is 23.5. The van der Waals surface area contributed by atoms with Gasteiger partial charge in [0.05, 0.1) is 24.0 Å². The van der Waals surface area contributed by atoms with Gasteiger partial charge in [-0.2, -0.15) is 5.26 Å². The Morgan fingerprint density at radius 1 is 1.24 bits per heavy atom. The third-order valence-corrected chi connectivity index (χ3v) is 8.36. The number of pyridine rings is 1. The molecule has 1 spiro atoms. The molecule has 1 saturated carbocycles. The highest BCUT2D eigenvalue weighted by molar-refractivity contribution is 6.02. The van der Waals surface area contributed by atoms with Crippen LogP contribution in [0.4, 0.5) is 11.6 Å². The summed E-state index contributed by atoms with van der Waals surface area (Å²) in [5, 5.41) is 19.6. The van der Waals surface area contributed by atoms with E-state index in [2.05, 4.69) is 37.0 Å². The number of carbonyl (C=O) groups is 3. The molecule has 3 aliphatic rings. The fourth-order valence-corrected chi connectivity index (χ4v) is 5.89. The van der Waals surface area contributed by atoms with Crippen LogP contribution in [0.2, 0.25) is 0 Å². The molecular weight excluding hydrogens is 524 g/mol. The molecule has 3 N–H and O–H groups in total. The molecule has 4 heterocycles. The third kappa shape index (κ3) is 4.57.